The Morgan fingerprint density at radius 3 is 2.45 bits per heavy atom. The molecule has 1 saturated heterocycles. The van der Waals surface area contributed by atoms with Crippen molar-refractivity contribution in [1.82, 2.24) is 9.84 Å². The Kier molecular flexibility index (Phi) is 5.26. The summed E-state index contributed by atoms with van der Waals surface area (Å²) < 4.78 is 25.4. The van der Waals surface area contributed by atoms with Gasteiger partial charge in [-0.2, -0.15) is 0 Å². The summed E-state index contributed by atoms with van der Waals surface area (Å²) in [6, 6.07) is 20.0. The number of carbonyl (C=O) groups is 1. The highest BCUT2D eigenvalue weighted by Crippen LogP contribution is 2.33. The second-order valence-corrected chi connectivity index (χ2v) is 9.83. The topological polar surface area (TPSA) is 66.5 Å². The van der Waals surface area contributed by atoms with E-state index in [0.29, 0.717) is 4.91 Å². The zero-order valence-corrected chi connectivity index (χ0v) is 17.8. The average molecular weight is 441 g/mol. The van der Waals surface area contributed by atoms with Crippen molar-refractivity contribution in [2.75, 3.05) is 0 Å². The number of thioether (sulfide) groups is 1. The number of hydrogen-bond donors (Lipinski definition) is 1. The number of benzene rings is 3. The highest BCUT2D eigenvalue weighted by Gasteiger charge is 2.35. The van der Waals surface area contributed by atoms with E-state index in [1.54, 1.807) is 18.2 Å². The number of sulfonamides is 1. The fourth-order valence-corrected chi connectivity index (χ4v) is 5.25. The minimum Gasteiger partial charge on any atom is -0.267 e. The van der Waals surface area contributed by atoms with Crippen molar-refractivity contribution in [3.8, 4) is 0 Å². The van der Waals surface area contributed by atoms with E-state index in [0.717, 1.165) is 38.7 Å². The lowest BCUT2D eigenvalue weighted by atomic mass is 10.0. The molecule has 0 radical (unpaired) electrons. The third kappa shape index (κ3) is 3.97. The molecule has 1 fully saturated rings. The van der Waals surface area contributed by atoms with E-state index in [1.165, 1.54) is 12.1 Å². The number of fused-ring (bicyclic) bond motifs is 1. The highest BCUT2D eigenvalue weighted by molar-refractivity contribution is 8.26. The fourth-order valence-electron chi connectivity index (χ4n) is 2.95. The maximum Gasteiger partial charge on any atom is 0.281 e. The molecule has 29 heavy (non-hydrogen) atoms. The van der Waals surface area contributed by atoms with Gasteiger partial charge in [0, 0.05) is 0 Å². The molecule has 8 heteroatoms. The van der Waals surface area contributed by atoms with Crippen LogP contribution in [0.4, 0.5) is 0 Å². The van der Waals surface area contributed by atoms with Crippen LogP contribution in [0.5, 0.6) is 0 Å². The fraction of sp³-hybridized carbons (Fsp3) is 0.0476. The van der Waals surface area contributed by atoms with Gasteiger partial charge in [0.05, 0.1) is 9.80 Å². The molecule has 5 nitrogen and oxygen atoms in total. The normalized spacial score (nSPS) is 16.2. The molecule has 0 unspecified atom stereocenters. The van der Waals surface area contributed by atoms with E-state index >= 15 is 0 Å². The van der Waals surface area contributed by atoms with Gasteiger partial charge in [-0.15, -0.1) is 4.83 Å². The van der Waals surface area contributed by atoms with Gasteiger partial charge < -0.3 is 0 Å². The second kappa shape index (κ2) is 7.72. The zero-order chi connectivity index (χ0) is 20.6. The summed E-state index contributed by atoms with van der Waals surface area (Å²) in [7, 11) is -3.93. The molecule has 1 N–H and O–H groups in total. The summed E-state index contributed by atoms with van der Waals surface area (Å²) in [6.07, 6.45) is 1.74. The van der Waals surface area contributed by atoms with Gasteiger partial charge >= 0.3 is 0 Å². The second-order valence-electron chi connectivity index (χ2n) is 6.49. The molecule has 1 aliphatic rings. The molecule has 4 rings (SSSR count). The van der Waals surface area contributed by atoms with Gasteiger partial charge in [0.1, 0.15) is 0 Å². The summed E-state index contributed by atoms with van der Waals surface area (Å²) in [5, 5.41) is 2.96. The van der Waals surface area contributed by atoms with Crippen LogP contribution in [0, 0.1) is 6.92 Å². The van der Waals surface area contributed by atoms with E-state index < -0.39 is 15.9 Å². The molecule has 0 saturated carbocycles. The number of aryl methyl sites for hydroxylation is 1. The van der Waals surface area contributed by atoms with E-state index in [1.807, 2.05) is 49.4 Å². The van der Waals surface area contributed by atoms with Gasteiger partial charge in [-0.3, -0.25) is 4.79 Å². The molecule has 0 aromatic heterocycles. The van der Waals surface area contributed by atoms with Gasteiger partial charge in [0.15, 0.2) is 4.32 Å². The average Bonchev–Trinajstić information content (AvgIpc) is 2.96. The van der Waals surface area contributed by atoms with Crippen LogP contribution >= 0.6 is 24.0 Å². The van der Waals surface area contributed by atoms with Crippen LogP contribution in [0.2, 0.25) is 0 Å². The molecule has 3 aromatic rings. The molecule has 0 bridgehead atoms. The van der Waals surface area contributed by atoms with Gasteiger partial charge in [-0.1, -0.05) is 84.1 Å². The van der Waals surface area contributed by atoms with E-state index in [9.17, 15) is 13.2 Å². The number of nitrogens with one attached hydrogen (secondary N) is 1. The molecule has 1 amide bonds. The molecular formula is C21H16N2O3S3. The Balaban J connectivity index is 1.64. The third-order valence-corrected chi connectivity index (χ3v) is 7.06. The largest absolute Gasteiger partial charge is 0.281 e. The van der Waals surface area contributed by atoms with Gasteiger partial charge in [0.2, 0.25) is 0 Å². The minimum atomic E-state index is -3.93. The Morgan fingerprint density at radius 2 is 1.69 bits per heavy atom. The van der Waals surface area contributed by atoms with Crippen LogP contribution < -0.4 is 4.83 Å². The summed E-state index contributed by atoms with van der Waals surface area (Å²) in [5.74, 6) is -0.497. The molecule has 1 aliphatic heterocycles. The van der Waals surface area contributed by atoms with Crippen molar-refractivity contribution in [3.05, 3.63) is 82.8 Å². The van der Waals surface area contributed by atoms with Crippen LogP contribution in [0.1, 0.15) is 11.1 Å². The van der Waals surface area contributed by atoms with Gasteiger partial charge in [-0.05, 0) is 41.5 Å². The highest BCUT2D eigenvalue weighted by atomic mass is 32.2. The summed E-state index contributed by atoms with van der Waals surface area (Å²) in [6.45, 7) is 1.87. The van der Waals surface area contributed by atoms with Crippen LogP contribution in [0.3, 0.4) is 0 Å². The van der Waals surface area contributed by atoms with E-state index in [2.05, 4.69) is 4.83 Å². The van der Waals surface area contributed by atoms with Crippen LogP contribution in [-0.4, -0.2) is 23.7 Å². The van der Waals surface area contributed by atoms with Crippen molar-refractivity contribution >= 4 is 61.1 Å². The summed E-state index contributed by atoms with van der Waals surface area (Å²) >= 11 is 6.31. The van der Waals surface area contributed by atoms with Crippen molar-refractivity contribution in [1.29, 1.82) is 0 Å². The van der Waals surface area contributed by atoms with Gasteiger partial charge in [0.25, 0.3) is 15.9 Å². The van der Waals surface area contributed by atoms with Crippen LogP contribution in [0.25, 0.3) is 16.8 Å². The first-order chi connectivity index (χ1) is 13.8. The maximum absolute atomic E-state index is 12.8. The Morgan fingerprint density at radius 1 is 1.00 bits per heavy atom. The van der Waals surface area contributed by atoms with Gasteiger partial charge in [-0.25, -0.2) is 13.4 Å². The Hall–Kier alpha value is -2.52. The summed E-state index contributed by atoms with van der Waals surface area (Å²) in [5.41, 5.74) is 1.80. The standard InChI is InChI=1S/C21H16N2O3S3/c1-14-9-11-17(12-10-14)29(25,26)22-23-20(24)19(28-21(23)27)13-16-7-4-6-15-5-2-3-8-18(15)16/h2-13,22H,1H3. The lowest BCUT2D eigenvalue weighted by molar-refractivity contribution is -0.123. The van der Waals surface area contributed by atoms with Crippen molar-refractivity contribution in [3.63, 3.8) is 0 Å². The smallest absolute Gasteiger partial charge is 0.267 e. The van der Waals surface area contributed by atoms with Crippen molar-refractivity contribution < 1.29 is 13.2 Å². The molecule has 0 atom stereocenters. The molecule has 3 aromatic carbocycles. The lowest BCUT2D eigenvalue weighted by Gasteiger charge is -2.16. The first-order valence-electron chi connectivity index (χ1n) is 8.70. The maximum atomic E-state index is 12.8. The van der Waals surface area contributed by atoms with E-state index in [4.69, 9.17) is 12.2 Å². The SMILES string of the molecule is Cc1ccc(S(=O)(=O)NN2C(=O)C(=Cc3cccc4ccccc34)SC2=S)cc1. The summed E-state index contributed by atoms with van der Waals surface area (Å²) in [4.78, 5) is 15.6. The first kappa shape index (κ1) is 19.8. The van der Waals surface area contributed by atoms with E-state index in [-0.39, 0.29) is 9.22 Å². The van der Waals surface area contributed by atoms with Crippen molar-refractivity contribution in [2.45, 2.75) is 11.8 Å². The number of hydrogen-bond acceptors (Lipinski definition) is 5. The predicted molar refractivity (Wildman–Crippen MR) is 120 cm³/mol. The third-order valence-electron chi connectivity index (χ3n) is 4.45. The number of thiocarbonyl (C=S) groups is 1. The monoisotopic (exact) mass is 440 g/mol. The Bertz CT molecular complexity index is 1260. The molecule has 0 spiro atoms. The van der Waals surface area contributed by atoms with Crippen LogP contribution in [0.15, 0.2) is 76.5 Å². The number of hydrazine groups is 1. The molecular weight excluding hydrogens is 424 g/mol. The molecule has 0 aliphatic carbocycles. The quantitative estimate of drug-likeness (QED) is 0.485. The first-order valence-corrected chi connectivity index (χ1v) is 11.4. The predicted octanol–water partition coefficient (Wildman–Crippen LogP) is 4.24. The molecule has 1 heterocycles. The van der Waals surface area contributed by atoms with Crippen LogP contribution in [-0.2, 0) is 14.8 Å². The van der Waals surface area contributed by atoms with Crippen molar-refractivity contribution in [2.24, 2.45) is 0 Å². The molecule has 146 valence electrons. The number of amides is 1. The number of rotatable bonds is 4. The number of carbonyl (C=O) groups excluding carboxylic acids is 1. The lowest BCUT2D eigenvalue weighted by Crippen LogP contribution is -2.44. The Labute approximate surface area is 178 Å². The number of nitrogens with zero attached hydrogens (tertiary/aromatic N) is 1. The zero-order valence-electron chi connectivity index (χ0n) is 15.3. The minimum absolute atomic E-state index is 0.0650.